The molecule has 0 bridgehead atoms. The number of pyridine rings is 1. The third-order valence-corrected chi connectivity index (χ3v) is 2.93. The molecular weight excluding hydrogens is 292 g/mol. The highest BCUT2D eigenvalue weighted by Gasteiger charge is 2.15. The summed E-state index contributed by atoms with van der Waals surface area (Å²) >= 11 is 0. The van der Waals surface area contributed by atoms with E-state index in [4.69, 9.17) is 4.74 Å². The molecule has 0 fully saturated rings. The topological polar surface area (TPSA) is 71.2 Å². The van der Waals surface area contributed by atoms with Crippen molar-refractivity contribution in [2.45, 2.75) is 32.8 Å². The summed E-state index contributed by atoms with van der Waals surface area (Å²) in [7, 11) is 0. The SMILES string of the molecule is CC(C)(C)OC(=O)NCCC#Cc1cccc2c(=O)cc[nH]c12. The summed E-state index contributed by atoms with van der Waals surface area (Å²) in [5.74, 6) is 6.01. The quantitative estimate of drug-likeness (QED) is 0.661. The number of carbonyl (C=O) groups excluding carboxylic acids is 1. The first-order chi connectivity index (χ1) is 10.9. The van der Waals surface area contributed by atoms with Gasteiger partial charge in [-0.1, -0.05) is 17.9 Å². The highest BCUT2D eigenvalue weighted by molar-refractivity contribution is 5.84. The molecule has 2 N–H and O–H groups in total. The number of para-hydroxylation sites is 1. The molecule has 2 rings (SSSR count). The Morgan fingerprint density at radius 3 is 2.83 bits per heavy atom. The molecule has 1 aromatic heterocycles. The zero-order chi connectivity index (χ0) is 16.9. The monoisotopic (exact) mass is 312 g/mol. The van der Waals surface area contributed by atoms with Crippen LogP contribution >= 0.6 is 0 Å². The molecule has 0 saturated heterocycles. The molecule has 5 nitrogen and oxygen atoms in total. The van der Waals surface area contributed by atoms with Crippen molar-refractivity contribution in [3.63, 3.8) is 0 Å². The Hall–Kier alpha value is -2.74. The van der Waals surface area contributed by atoms with E-state index in [0.29, 0.717) is 18.4 Å². The van der Waals surface area contributed by atoms with E-state index < -0.39 is 11.7 Å². The number of rotatable bonds is 2. The number of hydrogen-bond donors (Lipinski definition) is 2. The molecule has 0 aliphatic heterocycles. The summed E-state index contributed by atoms with van der Waals surface area (Å²) in [6.07, 6.45) is 1.65. The number of nitrogens with one attached hydrogen (secondary N) is 2. The van der Waals surface area contributed by atoms with Crippen LogP contribution in [0.3, 0.4) is 0 Å². The zero-order valence-electron chi connectivity index (χ0n) is 13.5. The predicted molar refractivity (Wildman–Crippen MR) is 90.3 cm³/mol. The van der Waals surface area contributed by atoms with Gasteiger partial charge in [0.25, 0.3) is 0 Å². The van der Waals surface area contributed by atoms with Crippen LogP contribution in [-0.4, -0.2) is 23.2 Å². The Morgan fingerprint density at radius 2 is 2.09 bits per heavy atom. The van der Waals surface area contributed by atoms with Gasteiger partial charge >= 0.3 is 6.09 Å². The number of aromatic nitrogens is 1. The van der Waals surface area contributed by atoms with Crippen molar-refractivity contribution in [2.75, 3.05) is 6.54 Å². The zero-order valence-corrected chi connectivity index (χ0v) is 13.5. The Bertz CT molecular complexity index is 820. The Kier molecular flexibility index (Phi) is 5.07. The van der Waals surface area contributed by atoms with Crippen molar-refractivity contribution in [3.05, 3.63) is 46.2 Å². The van der Waals surface area contributed by atoms with Gasteiger partial charge in [0.05, 0.1) is 5.52 Å². The second-order valence-electron chi connectivity index (χ2n) is 6.05. The van der Waals surface area contributed by atoms with Crippen LogP contribution in [0.4, 0.5) is 4.79 Å². The normalized spacial score (nSPS) is 10.7. The fourth-order valence-corrected chi connectivity index (χ4v) is 2.01. The molecule has 2 aromatic rings. The number of alkyl carbamates (subject to hydrolysis) is 1. The van der Waals surface area contributed by atoms with Crippen LogP contribution in [0.25, 0.3) is 10.9 Å². The number of fused-ring (bicyclic) bond motifs is 1. The Morgan fingerprint density at radius 1 is 1.30 bits per heavy atom. The molecule has 23 heavy (non-hydrogen) atoms. The van der Waals surface area contributed by atoms with Gasteiger partial charge in [0.1, 0.15) is 5.60 Å². The highest BCUT2D eigenvalue weighted by atomic mass is 16.6. The first kappa shape index (κ1) is 16.6. The number of amides is 1. The van der Waals surface area contributed by atoms with Crippen molar-refractivity contribution in [3.8, 4) is 11.8 Å². The lowest BCUT2D eigenvalue weighted by Crippen LogP contribution is -2.32. The number of H-pyrrole nitrogens is 1. The third-order valence-electron chi connectivity index (χ3n) is 2.93. The Balaban J connectivity index is 1.97. The van der Waals surface area contributed by atoms with E-state index >= 15 is 0 Å². The van der Waals surface area contributed by atoms with E-state index in [0.717, 1.165) is 11.1 Å². The number of benzene rings is 1. The molecule has 0 saturated carbocycles. The van der Waals surface area contributed by atoms with E-state index in [1.165, 1.54) is 6.07 Å². The van der Waals surface area contributed by atoms with Crippen LogP contribution in [0.5, 0.6) is 0 Å². The second-order valence-corrected chi connectivity index (χ2v) is 6.05. The first-order valence-electron chi connectivity index (χ1n) is 7.43. The van der Waals surface area contributed by atoms with Gasteiger partial charge in [-0.05, 0) is 32.9 Å². The van der Waals surface area contributed by atoms with Gasteiger partial charge in [0.15, 0.2) is 5.43 Å². The van der Waals surface area contributed by atoms with Gasteiger partial charge in [0.2, 0.25) is 0 Å². The van der Waals surface area contributed by atoms with Gasteiger partial charge in [-0.25, -0.2) is 4.79 Å². The third kappa shape index (κ3) is 4.89. The van der Waals surface area contributed by atoms with Gasteiger partial charge in [0, 0.05) is 36.2 Å². The van der Waals surface area contributed by atoms with Gasteiger partial charge in [-0.2, -0.15) is 0 Å². The van der Waals surface area contributed by atoms with Gasteiger partial charge in [-0.15, -0.1) is 0 Å². The van der Waals surface area contributed by atoms with E-state index in [1.54, 1.807) is 18.3 Å². The summed E-state index contributed by atoms with van der Waals surface area (Å²) in [6, 6.07) is 6.92. The molecule has 1 aromatic carbocycles. The molecule has 0 radical (unpaired) electrons. The number of carbonyl (C=O) groups is 1. The molecule has 1 heterocycles. The minimum absolute atomic E-state index is 0.0333. The molecule has 0 atom stereocenters. The molecule has 0 unspecified atom stereocenters. The fraction of sp³-hybridized carbons (Fsp3) is 0.333. The maximum atomic E-state index is 11.8. The molecule has 1 amide bonds. The number of ether oxygens (including phenoxy) is 1. The maximum Gasteiger partial charge on any atom is 0.407 e. The minimum atomic E-state index is -0.509. The van der Waals surface area contributed by atoms with E-state index in [9.17, 15) is 9.59 Å². The van der Waals surface area contributed by atoms with Crippen LogP contribution in [0.2, 0.25) is 0 Å². The van der Waals surface area contributed by atoms with Crippen molar-refractivity contribution in [1.29, 1.82) is 0 Å². The van der Waals surface area contributed by atoms with Gasteiger partial charge in [-0.3, -0.25) is 4.79 Å². The van der Waals surface area contributed by atoms with Crippen molar-refractivity contribution >= 4 is 17.0 Å². The second kappa shape index (κ2) is 7.01. The molecule has 0 aliphatic rings. The first-order valence-corrected chi connectivity index (χ1v) is 7.43. The van der Waals surface area contributed by atoms with E-state index in [1.807, 2.05) is 26.8 Å². The molecule has 5 heteroatoms. The summed E-state index contributed by atoms with van der Waals surface area (Å²) in [5, 5.41) is 3.27. The van der Waals surface area contributed by atoms with Crippen LogP contribution < -0.4 is 10.7 Å². The average Bonchev–Trinajstić information content (AvgIpc) is 2.46. The van der Waals surface area contributed by atoms with Crippen molar-refractivity contribution < 1.29 is 9.53 Å². The summed E-state index contributed by atoms with van der Waals surface area (Å²) < 4.78 is 5.14. The lowest BCUT2D eigenvalue weighted by Gasteiger charge is -2.19. The predicted octanol–water partition coefficient (Wildman–Crippen LogP) is 2.79. The summed E-state index contributed by atoms with van der Waals surface area (Å²) in [5.41, 5.74) is 0.948. The largest absolute Gasteiger partial charge is 0.444 e. The van der Waals surface area contributed by atoms with Crippen molar-refractivity contribution in [2.24, 2.45) is 0 Å². The lowest BCUT2D eigenvalue weighted by molar-refractivity contribution is 0.0529. The van der Waals surface area contributed by atoms with Gasteiger partial charge < -0.3 is 15.0 Å². The molecular formula is C18H20N2O3. The number of aromatic amines is 1. The number of hydrogen-bond acceptors (Lipinski definition) is 3. The average molecular weight is 312 g/mol. The smallest absolute Gasteiger partial charge is 0.407 e. The van der Waals surface area contributed by atoms with E-state index in [-0.39, 0.29) is 5.43 Å². The minimum Gasteiger partial charge on any atom is -0.444 e. The van der Waals surface area contributed by atoms with Crippen LogP contribution in [0, 0.1) is 11.8 Å². The maximum absolute atomic E-state index is 11.8. The van der Waals surface area contributed by atoms with E-state index in [2.05, 4.69) is 22.1 Å². The Labute approximate surface area is 135 Å². The summed E-state index contributed by atoms with van der Waals surface area (Å²) in [4.78, 5) is 26.3. The molecule has 120 valence electrons. The molecule has 0 spiro atoms. The van der Waals surface area contributed by atoms with Crippen LogP contribution in [0.1, 0.15) is 32.8 Å². The molecule has 0 aliphatic carbocycles. The summed E-state index contributed by atoms with van der Waals surface area (Å²) in [6.45, 7) is 5.85. The standard InChI is InChI=1S/C18H20N2O3/c1-18(2,3)23-17(22)20-11-5-4-7-13-8-6-9-14-15(21)10-12-19-16(13)14/h6,8-10,12H,5,11H2,1-3H3,(H,19,21)(H,20,22). The lowest BCUT2D eigenvalue weighted by atomic mass is 10.1. The fourth-order valence-electron chi connectivity index (χ4n) is 2.01. The van der Waals surface area contributed by atoms with Crippen LogP contribution in [-0.2, 0) is 4.74 Å². The van der Waals surface area contributed by atoms with Crippen molar-refractivity contribution in [1.82, 2.24) is 10.3 Å². The highest BCUT2D eigenvalue weighted by Crippen LogP contribution is 2.11. The van der Waals surface area contributed by atoms with Crippen LogP contribution in [0.15, 0.2) is 35.3 Å².